The minimum absolute atomic E-state index is 0. The highest BCUT2D eigenvalue weighted by Gasteiger charge is 2.25. The van der Waals surface area contributed by atoms with Gasteiger partial charge in [-0.05, 0) is 42.7 Å². The number of benzene rings is 2. The van der Waals surface area contributed by atoms with Crippen LogP contribution < -0.4 is 25.0 Å². The molecule has 1 heterocycles. The summed E-state index contributed by atoms with van der Waals surface area (Å²) in [4.78, 5) is 6.73. The molecule has 7 heteroatoms. The van der Waals surface area contributed by atoms with E-state index in [1.54, 1.807) is 21.3 Å². The Balaban J connectivity index is 0.00000300. The molecule has 0 amide bonds. The smallest absolute Gasteiger partial charge is 0.191 e. The summed E-state index contributed by atoms with van der Waals surface area (Å²) >= 11 is 0. The first-order chi connectivity index (χ1) is 13.6. The predicted octanol–water partition coefficient (Wildman–Crippen LogP) is 3.57. The Morgan fingerprint density at radius 1 is 1.14 bits per heavy atom. The maximum absolute atomic E-state index is 5.50. The summed E-state index contributed by atoms with van der Waals surface area (Å²) in [7, 11) is 5.22. The van der Waals surface area contributed by atoms with Gasteiger partial charge in [0.15, 0.2) is 5.96 Å². The lowest BCUT2D eigenvalue weighted by Crippen LogP contribution is -2.44. The van der Waals surface area contributed by atoms with Gasteiger partial charge in [0, 0.05) is 32.7 Å². The van der Waals surface area contributed by atoms with Crippen LogP contribution in [0, 0.1) is 6.92 Å². The summed E-state index contributed by atoms with van der Waals surface area (Å²) in [6, 6.07) is 14.8. The molecule has 0 bridgehead atoms. The van der Waals surface area contributed by atoms with Gasteiger partial charge in [0.05, 0.1) is 19.9 Å². The summed E-state index contributed by atoms with van der Waals surface area (Å²) in [5, 5.41) is 6.94. The third-order valence-electron chi connectivity index (χ3n) is 5.11. The van der Waals surface area contributed by atoms with Crippen molar-refractivity contribution in [2.75, 3.05) is 39.3 Å². The van der Waals surface area contributed by atoms with E-state index < -0.39 is 0 Å². The number of halogens is 1. The van der Waals surface area contributed by atoms with Crippen LogP contribution >= 0.6 is 24.0 Å². The normalized spacial score (nSPS) is 16.2. The zero-order chi connectivity index (χ0) is 19.9. The van der Waals surface area contributed by atoms with E-state index in [0.717, 1.165) is 53.8 Å². The van der Waals surface area contributed by atoms with Crippen LogP contribution in [0.5, 0.6) is 11.5 Å². The highest BCUT2D eigenvalue weighted by atomic mass is 127. The SMILES string of the molecule is CN=C(NCc1ccc(C)c(OC)c1)NC1CCN(c2ccccc2OC)C1.I. The average Bonchev–Trinajstić information content (AvgIpc) is 3.20. The first-order valence-corrected chi connectivity index (χ1v) is 9.63. The number of nitrogens with zero attached hydrogens (tertiary/aromatic N) is 2. The molecule has 1 fully saturated rings. The number of guanidine groups is 1. The lowest BCUT2D eigenvalue weighted by Gasteiger charge is -2.22. The van der Waals surface area contributed by atoms with Gasteiger partial charge in [-0.3, -0.25) is 4.99 Å². The molecule has 1 atom stereocenters. The molecule has 1 aliphatic rings. The van der Waals surface area contributed by atoms with Crippen LogP contribution in [0.1, 0.15) is 17.5 Å². The number of hydrogen-bond donors (Lipinski definition) is 2. The Bertz CT molecular complexity index is 828. The van der Waals surface area contributed by atoms with E-state index in [-0.39, 0.29) is 24.0 Å². The summed E-state index contributed by atoms with van der Waals surface area (Å²) < 4.78 is 10.9. The van der Waals surface area contributed by atoms with Gasteiger partial charge in [-0.2, -0.15) is 0 Å². The Morgan fingerprint density at radius 2 is 1.90 bits per heavy atom. The summed E-state index contributed by atoms with van der Waals surface area (Å²) in [5.41, 5.74) is 3.44. The number of para-hydroxylation sites is 2. The Morgan fingerprint density at radius 3 is 2.62 bits per heavy atom. The second-order valence-corrected chi connectivity index (χ2v) is 6.98. The molecule has 0 aromatic heterocycles. The summed E-state index contributed by atoms with van der Waals surface area (Å²) in [6.07, 6.45) is 1.05. The molecule has 1 saturated heterocycles. The highest BCUT2D eigenvalue weighted by Crippen LogP contribution is 2.30. The molecular formula is C22H31IN4O2. The average molecular weight is 510 g/mol. The van der Waals surface area contributed by atoms with E-state index in [1.807, 2.05) is 19.1 Å². The molecule has 29 heavy (non-hydrogen) atoms. The number of methoxy groups -OCH3 is 2. The molecule has 3 rings (SSSR count). The van der Waals surface area contributed by atoms with Crippen molar-refractivity contribution in [3.8, 4) is 11.5 Å². The second kappa shape index (κ2) is 11.1. The fourth-order valence-electron chi connectivity index (χ4n) is 3.54. The summed E-state index contributed by atoms with van der Waals surface area (Å²) in [6.45, 7) is 4.65. The number of nitrogens with one attached hydrogen (secondary N) is 2. The van der Waals surface area contributed by atoms with Crippen molar-refractivity contribution in [1.29, 1.82) is 0 Å². The van der Waals surface area contributed by atoms with Crippen LogP contribution in [0.2, 0.25) is 0 Å². The number of aliphatic imine (C=N–C) groups is 1. The molecule has 6 nitrogen and oxygen atoms in total. The zero-order valence-electron chi connectivity index (χ0n) is 17.6. The Kier molecular flexibility index (Phi) is 8.88. The van der Waals surface area contributed by atoms with E-state index in [2.05, 4.69) is 50.9 Å². The molecule has 1 unspecified atom stereocenters. The predicted molar refractivity (Wildman–Crippen MR) is 130 cm³/mol. The molecule has 1 aliphatic heterocycles. The molecule has 158 valence electrons. The zero-order valence-corrected chi connectivity index (χ0v) is 19.9. The van der Waals surface area contributed by atoms with Crippen LogP contribution in [0.15, 0.2) is 47.5 Å². The van der Waals surface area contributed by atoms with Gasteiger partial charge in [-0.15, -0.1) is 24.0 Å². The lowest BCUT2D eigenvalue weighted by atomic mass is 10.1. The number of rotatable bonds is 6. The monoisotopic (exact) mass is 510 g/mol. The second-order valence-electron chi connectivity index (χ2n) is 6.98. The van der Waals surface area contributed by atoms with E-state index in [0.29, 0.717) is 12.6 Å². The van der Waals surface area contributed by atoms with Crippen molar-refractivity contribution in [1.82, 2.24) is 10.6 Å². The van der Waals surface area contributed by atoms with Gasteiger partial charge in [0.25, 0.3) is 0 Å². The van der Waals surface area contributed by atoms with Crippen LogP contribution in [0.3, 0.4) is 0 Å². The van der Waals surface area contributed by atoms with Crippen molar-refractivity contribution in [3.63, 3.8) is 0 Å². The van der Waals surface area contributed by atoms with Crippen molar-refractivity contribution in [3.05, 3.63) is 53.6 Å². The molecule has 2 aromatic rings. The molecule has 0 aliphatic carbocycles. The van der Waals surface area contributed by atoms with Gasteiger partial charge in [0.2, 0.25) is 0 Å². The number of aryl methyl sites for hydroxylation is 1. The quantitative estimate of drug-likeness (QED) is 0.354. The number of anilines is 1. The fraction of sp³-hybridized carbons (Fsp3) is 0.409. The van der Waals surface area contributed by atoms with E-state index in [1.165, 1.54) is 0 Å². The van der Waals surface area contributed by atoms with Gasteiger partial charge in [-0.25, -0.2) is 0 Å². The molecule has 0 spiro atoms. The fourth-order valence-corrected chi connectivity index (χ4v) is 3.54. The third-order valence-corrected chi connectivity index (χ3v) is 5.11. The van der Waals surface area contributed by atoms with Gasteiger partial charge >= 0.3 is 0 Å². The van der Waals surface area contributed by atoms with E-state index in [4.69, 9.17) is 9.47 Å². The van der Waals surface area contributed by atoms with Crippen LogP contribution in [0.4, 0.5) is 5.69 Å². The highest BCUT2D eigenvalue weighted by molar-refractivity contribution is 14.0. The largest absolute Gasteiger partial charge is 0.496 e. The molecule has 0 saturated carbocycles. The van der Waals surface area contributed by atoms with Crippen LogP contribution in [0.25, 0.3) is 0 Å². The molecule has 2 N–H and O–H groups in total. The maximum Gasteiger partial charge on any atom is 0.191 e. The van der Waals surface area contributed by atoms with Crippen molar-refractivity contribution in [2.24, 2.45) is 4.99 Å². The third kappa shape index (κ3) is 5.91. The van der Waals surface area contributed by atoms with Crippen molar-refractivity contribution < 1.29 is 9.47 Å². The first kappa shape index (κ1) is 23.1. The standard InChI is InChI=1S/C22H30N4O2.HI/c1-16-9-10-17(13-21(16)28-4)14-24-22(23-2)25-18-11-12-26(15-18)19-7-5-6-8-20(19)27-3;/h5-10,13,18H,11-12,14-15H2,1-4H3,(H2,23,24,25);1H. The maximum atomic E-state index is 5.50. The van der Waals surface area contributed by atoms with Crippen LogP contribution in [-0.2, 0) is 6.54 Å². The van der Waals surface area contributed by atoms with Gasteiger partial charge < -0.3 is 25.0 Å². The first-order valence-electron chi connectivity index (χ1n) is 9.63. The molecule has 2 aromatic carbocycles. The number of ether oxygens (including phenoxy) is 2. The van der Waals surface area contributed by atoms with Gasteiger partial charge in [-0.1, -0.05) is 24.3 Å². The molecule has 0 radical (unpaired) electrons. The minimum Gasteiger partial charge on any atom is -0.496 e. The Labute approximate surface area is 190 Å². The van der Waals surface area contributed by atoms with Crippen LogP contribution in [-0.4, -0.2) is 46.4 Å². The van der Waals surface area contributed by atoms with E-state index in [9.17, 15) is 0 Å². The topological polar surface area (TPSA) is 58.1 Å². The van der Waals surface area contributed by atoms with Crippen molar-refractivity contribution in [2.45, 2.75) is 25.9 Å². The summed E-state index contributed by atoms with van der Waals surface area (Å²) in [5.74, 6) is 2.64. The van der Waals surface area contributed by atoms with Gasteiger partial charge in [0.1, 0.15) is 11.5 Å². The lowest BCUT2D eigenvalue weighted by molar-refractivity contribution is 0.411. The van der Waals surface area contributed by atoms with E-state index >= 15 is 0 Å². The Hall–Kier alpha value is -2.16. The minimum atomic E-state index is 0. The number of hydrogen-bond acceptors (Lipinski definition) is 4. The molecular weight excluding hydrogens is 479 g/mol. The van der Waals surface area contributed by atoms with Crippen molar-refractivity contribution >= 4 is 35.6 Å².